The highest BCUT2D eigenvalue weighted by Crippen LogP contribution is 2.28. The Morgan fingerprint density at radius 1 is 1.29 bits per heavy atom. The van der Waals surface area contributed by atoms with Crippen LogP contribution in [0.25, 0.3) is 0 Å². The monoisotopic (exact) mass is 308 g/mol. The molecule has 1 heterocycles. The van der Waals surface area contributed by atoms with E-state index in [1.54, 1.807) is 0 Å². The highest BCUT2D eigenvalue weighted by Gasteiger charge is 2.16. The summed E-state index contributed by atoms with van der Waals surface area (Å²) in [6.45, 7) is 9.80. The minimum atomic E-state index is 0.484. The van der Waals surface area contributed by atoms with Crippen LogP contribution in [0.5, 0.6) is 0 Å². The first kappa shape index (κ1) is 16.6. The standard InChI is InChI=1S/C18H29ClN2/c1-4-15-6-5-10-21(11-9-15)17-8-7-16(18(19)12-17)13-20-14(2)3/h7-8,12,14-15,20H,4-6,9-11,13H2,1-3H3. The minimum Gasteiger partial charge on any atom is -0.371 e. The highest BCUT2D eigenvalue weighted by molar-refractivity contribution is 6.31. The van der Waals surface area contributed by atoms with Crippen molar-refractivity contribution in [3.63, 3.8) is 0 Å². The second-order valence-electron chi connectivity index (χ2n) is 6.50. The van der Waals surface area contributed by atoms with E-state index in [1.807, 2.05) is 0 Å². The van der Waals surface area contributed by atoms with Gasteiger partial charge in [0.05, 0.1) is 0 Å². The van der Waals surface area contributed by atoms with Gasteiger partial charge in [0, 0.05) is 36.4 Å². The molecule has 1 aliphatic heterocycles. The van der Waals surface area contributed by atoms with Crippen LogP contribution < -0.4 is 10.2 Å². The number of hydrogen-bond acceptors (Lipinski definition) is 2. The second kappa shape index (κ2) is 8.05. The predicted molar refractivity (Wildman–Crippen MR) is 93.3 cm³/mol. The summed E-state index contributed by atoms with van der Waals surface area (Å²) in [6.07, 6.45) is 5.29. The Bertz CT molecular complexity index is 445. The van der Waals surface area contributed by atoms with Crippen molar-refractivity contribution in [2.75, 3.05) is 18.0 Å². The molecule has 1 atom stereocenters. The van der Waals surface area contributed by atoms with Crippen molar-refractivity contribution in [3.05, 3.63) is 28.8 Å². The molecular formula is C18H29ClN2. The first-order valence-electron chi connectivity index (χ1n) is 8.37. The first-order valence-corrected chi connectivity index (χ1v) is 8.74. The molecule has 1 saturated heterocycles. The number of rotatable bonds is 5. The van der Waals surface area contributed by atoms with Gasteiger partial charge in [-0.05, 0) is 42.9 Å². The number of nitrogens with one attached hydrogen (secondary N) is 1. The van der Waals surface area contributed by atoms with Crippen molar-refractivity contribution in [3.8, 4) is 0 Å². The van der Waals surface area contributed by atoms with Gasteiger partial charge in [0.15, 0.2) is 0 Å². The van der Waals surface area contributed by atoms with E-state index in [0.717, 1.165) is 24.0 Å². The maximum atomic E-state index is 6.46. The summed E-state index contributed by atoms with van der Waals surface area (Å²) in [6, 6.07) is 7.04. The van der Waals surface area contributed by atoms with Gasteiger partial charge in [-0.15, -0.1) is 0 Å². The van der Waals surface area contributed by atoms with Crippen molar-refractivity contribution in [2.24, 2.45) is 5.92 Å². The van der Waals surface area contributed by atoms with Gasteiger partial charge in [0.1, 0.15) is 0 Å². The Labute approximate surface area is 134 Å². The molecule has 0 aliphatic carbocycles. The molecule has 0 spiro atoms. The zero-order chi connectivity index (χ0) is 15.2. The van der Waals surface area contributed by atoms with Crippen LogP contribution in [-0.4, -0.2) is 19.1 Å². The largest absolute Gasteiger partial charge is 0.371 e. The molecule has 2 nitrogen and oxygen atoms in total. The third kappa shape index (κ3) is 4.89. The Kier molecular flexibility index (Phi) is 6.38. The normalized spacial score (nSPS) is 19.9. The Morgan fingerprint density at radius 3 is 2.76 bits per heavy atom. The van der Waals surface area contributed by atoms with Crippen molar-refractivity contribution in [2.45, 2.75) is 59.0 Å². The fourth-order valence-corrected chi connectivity index (χ4v) is 3.26. The van der Waals surface area contributed by atoms with Gasteiger partial charge in [-0.2, -0.15) is 0 Å². The van der Waals surface area contributed by atoms with Gasteiger partial charge in [-0.1, -0.05) is 44.9 Å². The SMILES string of the molecule is CCC1CCCN(c2ccc(CNC(C)C)c(Cl)c2)CC1. The average Bonchev–Trinajstić information content (AvgIpc) is 2.71. The number of halogens is 1. The van der Waals surface area contributed by atoms with E-state index in [-0.39, 0.29) is 0 Å². The number of benzene rings is 1. The molecule has 0 radical (unpaired) electrons. The summed E-state index contributed by atoms with van der Waals surface area (Å²) in [7, 11) is 0. The first-order chi connectivity index (χ1) is 10.1. The summed E-state index contributed by atoms with van der Waals surface area (Å²) < 4.78 is 0. The van der Waals surface area contributed by atoms with Gasteiger partial charge in [-0.3, -0.25) is 0 Å². The van der Waals surface area contributed by atoms with Crippen molar-refractivity contribution < 1.29 is 0 Å². The topological polar surface area (TPSA) is 15.3 Å². The summed E-state index contributed by atoms with van der Waals surface area (Å²) in [5, 5.41) is 4.31. The molecule has 1 aliphatic rings. The van der Waals surface area contributed by atoms with E-state index < -0.39 is 0 Å². The fourth-order valence-electron chi connectivity index (χ4n) is 3.02. The lowest BCUT2D eigenvalue weighted by Crippen LogP contribution is -2.24. The molecule has 2 rings (SSSR count). The van der Waals surface area contributed by atoms with Crippen LogP contribution in [-0.2, 0) is 6.54 Å². The van der Waals surface area contributed by atoms with Gasteiger partial charge >= 0.3 is 0 Å². The summed E-state index contributed by atoms with van der Waals surface area (Å²) in [4.78, 5) is 2.50. The van der Waals surface area contributed by atoms with Crippen LogP contribution >= 0.6 is 11.6 Å². The molecule has 0 bridgehead atoms. The number of anilines is 1. The zero-order valence-corrected chi connectivity index (χ0v) is 14.4. The zero-order valence-electron chi connectivity index (χ0n) is 13.7. The van der Waals surface area contributed by atoms with Crippen LogP contribution in [0.1, 0.15) is 52.0 Å². The van der Waals surface area contributed by atoms with Gasteiger partial charge < -0.3 is 10.2 Å². The lowest BCUT2D eigenvalue weighted by molar-refractivity contribution is 0.459. The molecular weight excluding hydrogens is 280 g/mol. The summed E-state index contributed by atoms with van der Waals surface area (Å²) in [5.74, 6) is 0.903. The van der Waals surface area contributed by atoms with Crippen LogP contribution in [0.3, 0.4) is 0 Å². The fraction of sp³-hybridized carbons (Fsp3) is 0.667. The van der Waals surface area contributed by atoms with E-state index >= 15 is 0 Å². The van der Waals surface area contributed by atoms with Gasteiger partial charge in [0.2, 0.25) is 0 Å². The Hall–Kier alpha value is -0.730. The molecule has 1 N–H and O–H groups in total. The molecule has 0 amide bonds. The number of nitrogens with zero attached hydrogens (tertiary/aromatic N) is 1. The molecule has 21 heavy (non-hydrogen) atoms. The third-order valence-electron chi connectivity index (χ3n) is 4.53. The van der Waals surface area contributed by atoms with Gasteiger partial charge in [-0.25, -0.2) is 0 Å². The number of hydrogen-bond donors (Lipinski definition) is 1. The van der Waals surface area contributed by atoms with E-state index in [1.165, 1.54) is 43.5 Å². The van der Waals surface area contributed by atoms with Crippen molar-refractivity contribution in [1.29, 1.82) is 0 Å². The Morgan fingerprint density at radius 2 is 2.10 bits per heavy atom. The highest BCUT2D eigenvalue weighted by atomic mass is 35.5. The molecule has 118 valence electrons. The van der Waals surface area contributed by atoms with Gasteiger partial charge in [0.25, 0.3) is 0 Å². The summed E-state index contributed by atoms with van der Waals surface area (Å²) >= 11 is 6.46. The van der Waals surface area contributed by atoms with E-state index in [0.29, 0.717) is 6.04 Å². The van der Waals surface area contributed by atoms with Crippen LogP contribution in [0, 0.1) is 5.92 Å². The molecule has 1 fully saturated rings. The molecule has 1 unspecified atom stereocenters. The average molecular weight is 309 g/mol. The van der Waals surface area contributed by atoms with Crippen molar-refractivity contribution in [1.82, 2.24) is 5.32 Å². The Balaban J connectivity index is 2.02. The minimum absolute atomic E-state index is 0.484. The van der Waals surface area contributed by atoms with E-state index in [2.05, 4.69) is 49.2 Å². The van der Waals surface area contributed by atoms with E-state index in [4.69, 9.17) is 11.6 Å². The lowest BCUT2D eigenvalue weighted by Gasteiger charge is -2.24. The summed E-state index contributed by atoms with van der Waals surface area (Å²) in [5.41, 5.74) is 2.47. The second-order valence-corrected chi connectivity index (χ2v) is 6.91. The van der Waals surface area contributed by atoms with Crippen LogP contribution in [0.2, 0.25) is 5.02 Å². The predicted octanol–water partition coefficient (Wildman–Crippen LogP) is 4.85. The van der Waals surface area contributed by atoms with Crippen molar-refractivity contribution >= 4 is 17.3 Å². The molecule has 1 aromatic carbocycles. The smallest absolute Gasteiger partial charge is 0.0471 e. The van der Waals surface area contributed by atoms with E-state index in [9.17, 15) is 0 Å². The molecule has 0 saturated carbocycles. The lowest BCUT2D eigenvalue weighted by atomic mass is 9.98. The van der Waals surface area contributed by atoms with Crippen LogP contribution in [0.4, 0.5) is 5.69 Å². The maximum absolute atomic E-state index is 6.46. The molecule has 0 aromatic heterocycles. The molecule has 3 heteroatoms. The third-order valence-corrected chi connectivity index (χ3v) is 4.88. The maximum Gasteiger partial charge on any atom is 0.0471 e. The quantitative estimate of drug-likeness (QED) is 0.836. The van der Waals surface area contributed by atoms with Crippen LogP contribution in [0.15, 0.2) is 18.2 Å². The molecule has 1 aromatic rings.